The van der Waals surface area contributed by atoms with Gasteiger partial charge in [-0.2, -0.15) is 0 Å². The number of esters is 4. The van der Waals surface area contributed by atoms with Crippen LogP contribution >= 0.6 is 0 Å². The van der Waals surface area contributed by atoms with E-state index in [1.165, 1.54) is 52.0 Å². The van der Waals surface area contributed by atoms with Gasteiger partial charge in [-0.05, 0) is 58.4 Å². The van der Waals surface area contributed by atoms with Gasteiger partial charge in [-0.25, -0.2) is 19.2 Å². The molecule has 0 radical (unpaired) electrons. The predicted octanol–water partition coefficient (Wildman–Crippen LogP) is 5.59. The lowest BCUT2D eigenvalue weighted by Gasteiger charge is -2.18. The molecule has 0 spiro atoms. The minimum absolute atomic E-state index is 0.00119. The van der Waals surface area contributed by atoms with Gasteiger partial charge in [0.2, 0.25) is 0 Å². The van der Waals surface area contributed by atoms with Crippen LogP contribution in [0.25, 0.3) is 11.1 Å². The van der Waals surface area contributed by atoms with E-state index in [-0.39, 0.29) is 45.3 Å². The monoisotopic (exact) mass is 504 g/mol. The Morgan fingerprint density at radius 1 is 0.541 bits per heavy atom. The summed E-state index contributed by atoms with van der Waals surface area (Å²) < 4.78 is 21.7. The molecule has 0 aliphatic heterocycles. The van der Waals surface area contributed by atoms with Crippen LogP contribution in [-0.2, 0) is 19.2 Å². The fourth-order valence-corrected chi connectivity index (χ4v) is 2.70. The maximum Gasteiger partial charge on any atom is 0.338 e. The summed E-state index contributed by atoms with van der Waals surface area (Å²) in [7, 11) is 0. The van der Waals surface area contributed by atoms with Crippen LogP contribution in [0.2, 0.25) is 0 Å². The molecule has 37 heavy (non-hydrogen) atoms. The van der Waals surface area contributed by atoms with Gasteiger partial charge < -0.3 is 18.9 Å². The lowest BCUT2D eigenvalue weighted by Crippen LogP contribution is -2.13. The molecule has 0 heterocycles. The second-order valence-electron chi connectivity index (χ2n) is 8.45. The van der Waals surface area contributed by atoms with E-state index in [4.69, 9.17) is 18.9 Å². The van der Waals surface area contributed by atoms with Gasteiger partial charge in [0, 0.05) is 45.6 Å². The molecule has 8 nitrogen and oxygen atoms in total. The van der Waals surface area contributed by atoms with Crippen molar-refractivity contribution < 1.29 is 38.1 Å². The maximum absolute atomic E-state index is 12.4. The van der Waals surface area contributed by atoms with E-state index in [1.807, 2.05) is 0 Å². The Bertz CT molecular complexity index is 1360. The van der Waals surface area contributed by atoms with Crippen molar-refractivity contribution >= 4 is 23.9 Å². The first-order valence-electron chi connectivity index (χ1n) is 11.0. The van der Waals surface area contributed by atoms with Gasteiger partial charge in [-0.15, -0.1) is 0 Å². The Morgan fingerprint density at radius 2 is 0.946 bits per heavy atom. The quantitative estimate of drug-likeness (QED) is 0.247. The Labute approximate surface area is 215 Å². The third-order valence-corrected chi connectivity index (χ3v) is 4.73. The van der Waals surface area contributed by atoms with Gasteiger partial charge in [0.1, 0.15) is 23.0 Å². The van der Waals surface area contributed by atoms with Crippen LogP contribution in [0, 0.1) is 6.92 Å². The smallest absolute Gasteiger partial charge is 0.338 e. The molecule has 0 aliphatic carbocycles. The molecule has 0 amide bonds. The van der Waals surface area contributed by atoms with Crippen molar-refractivity contribution in [3.63, 3.8) is 0 Å². The van der Waals surface area contributed by atoms with Crippen molar-refractivity contribution in [3.8, 4) is 34.1 Å². The summed E-state index contributed by atoms with van der Waals surface area (Å²) >= 11 is 0. The van der Waals surface area contributed by atoms with E-state index in [0.29, 0.717) is 16.7 Å². The molecule has 0 bridgehead atoms. The van der Waals surface area contributed by atoms with E-state index < -0.39 is 23.9 Å². The highest BCUT2D eigenvalue weighted by molar-refractivity contribution is 5.94. The molecule has 0 N–H and O–H groups in total. The highest BCUT2D eigenvalue weighted by atomic mass is 16.6. The molecule has 0 saturated carbocycles. The second kappa shape index (κ2) is 11.8. The van der Waals surface area contributed by atoms with E-state index in [1.54, 1.807) is 13.0 Å². The number of rotatable bonds is 9. The fourth-order valence-electron chi connectivity index (χ4n) is 2.70. The number of carbonyl (C=O) groups is 4. The topological polar surface area (TPSA) is 105 Å². The average molecular weight is 505 g/mol. The van der Waals surface area contributed by atoms with Gasteiger partial charge in [0.25, 0.3) is 0 Å². The number of carbonyl (C=O) groups excluding carboxylic acids is 4. The SMILES string of the molecule is C=C(C)C(=O)Oc1ccc(-c2cc(C)c(OC(=O)C(=C)C)cc2OC(=O)C(=C)C)c(OC(=O)C(=C)C)c1. The molecule has 2 rings (SSSR count). The van der Waals surface area contributed by atoms with Gasteiger partial charge in [-0.1, -0.05) is 26.3 Å². The van der Waals surface area contributed by atoms with E-state index >= 15 is 0 Å². The Morgan fingerprint density at radius 3 is 1.41 bits per heavy atom. The van der Waals surface area contributed by atoms with Crippen molar-refractivity contribution in [3.05, 3.63) is 84.5 Å². The van der Waals surface area contributed by atoms with Crippen LogP contribution in [0.3, 0.4) is 0 Å². The van der Waals surface area contributed by atoms with E-state index in [2.05, 4.69) is 26.3 Å². The molecule has 8 heteroatoms. The summed E-state index contributed by atoms with van der Waals surface area (Å²) in [6, 6.07) is 7.30. The summed E-state index contributed by atoms with van der Waals surface area (Å²) in [4.78, 5) is 48.9. The van der Waals surface area contributed by atoms with Gasteiger partial charge in [0.05, 0.1) is 0 Å². The Balaban J connectivity index is 2.75. The van der Waals surface area contributed by atoms with Crippen LogP contribution in [0.1, 0.15) is 33.3 Å². The molecule has 0 fully saturated rings. The zero-order valence-corrected chi connectivity index (χ0v) is 21.5. The van der Waals surface area contributed by atoms with Crippen molar-refractivity contribution in [1.29, 1.82) is 0 Å². The van der Waals surface area contributed by atoms with Crippen molar-refractivity contribution in [1.82, 2.24) is 0 Å². The molecule has 0 aromatic heterocycles. The van der Waals surface area contributed by atoms with Crippen molar-refractivity contribution in [2.24, 2.45) is 0 Å². The standard InChI is InChI=1S/C29H28O8/c1-15(2)26(30)34-20-10-11-21(24(13-20)36-28(32)17(5)6)22-12-19(9)23(35-27(31)16(3)4)14-25(22)37-29(33)18(7)8/h10-14H,1,3,5,7H2,2,4,6,8-9H3. The first-order valence-corrected chi connectivity index (χ1v) is 11.0. The number of ether oxygens (including phenoxy) is 4. The normalized spacial score (nSPS) is 10.1. The zero-order valence-electron chi connectivity index (χ0n) is 21.5. The maximum atomic E-state index is 12.4. The van der Waals surface area contributed by atoms with Gasteiger partial charge in [-0.3, -0.25) is 0 Å². The first kappa shape index (κ1) is 28.5. The largest absolute Gasteiger partial charge is 0.423 e. The summed E-state index contributed by atoms with van der Waals surface area (Å²) in [6.07, 6.45) is 0. The van der Waals surface area contributed by atoms with Gasteiger partial charge in [0.15, 0.2) is 0 Å². The predicted molar refractivity (Wildman–Crippen MR) is 138 cm³/mol. The average Bonchev–Trinajstić information content (AvgIpc) is 2.80. The third kappa shape index (κ3) is 7.38. The molecule has 0 aliphatic rings. The van der Waals surface area contributed by atoms with Crippen molar-refractivity contribution in [2.75, 3.05) is 0 Å². The third-order valence-electron chi connectivity index (χ3n) is 4.73. The first-order chi connectivity index (χ1) is 17.2. The van der Waals surface area contributed by atoms with Crippen LogP contribution in [0.5, 0.6) is 23.0 Å². The van der Waals surface area contributed by atoms with Crippen LogP contribution in [-0.4, -0.2) is 23.9 Å². The van der Waals surface area contributed by atoms with E-state index in [9.17, 15) is 19.2 Å². The second-order valence-corrected chi connectivity index (χ2v) is 8.45. The van der Waals surface area contributed by atoms with Gasteiger partial charge >= 0.3 is 23.9 Å². The highest BCUT2D eigenvalue weighted by Gasteiger charge is 2.22. The van der Waals surface area contributed by atoms with Crippen LogP contribution in [0.15, 0.2) is 78.9 Å². The Hall–Kier alpha value is -4.72. The summed E-state index contributed by atoms with van der Waals surface area (Å²) in [5.74, 6) is -2.56. The minimum atomic E-state index is -0.728. The molecule has 2 aromatic carbocycles. The molecule has 192 valence electrons. The summed E-state index contributed by atoms with van der Waals surface area (Å²) in [5, 5.41) is 0. The number of aryl methyl sites for hydroxylation is 1. The molecular weight excluding hydrogens is 476 g/mol. The molecule has 0 unspecified atom stereocenters. The molecule has 0 saturated heterocycles. The number of benzene rings is 2. The van der Waals surface area contributed by atoms with Crippen molar-refractivity contribution in [2.45, 2.75) is 34.6 Å². The zero-order chi connectivity index (χ0) is 28.0. The molecule has 0 atom stereocenters. The summed E-state index contributed by atoms with van der Waals surface area (Å²) in [6.45, 7) is 21.9. The van der Waals surface area contributed by atoms with Crippen LogP contribution in [0.4, 0.5) is 0 Å². The lowest BCUT2D eigenvalue weighted by molar-refractivity contribution is -0.131. The Kier molecular flexibility index (Phi) is 9.10. The molecule has 2 aromatic rings. The minimum Gasteiger partial charge on any atom is -0.423 e. The number of hydrogen-bond donors (Lipinski definition) is 0. The molecular formula is C29H28O8. The van der Waals surface area contributed by atoms with E-state index in [0.717, 1.165) is 0 Å². The highest BCUT2D eigenvalue weighted by Crippen LogP contribution is 2.42. The fraction of sp³-hybridized carbons (Fsp3) is 0.172. The number of hydrogen-bond acceptors (Lipinski definition) is 8. The lowest BCUT2D eigenvalue weighted by atomic mass is 10.00. The summed E-state index contributed by atoms with van der Waals surface area (Å²) in [5.41, 5.74) is 1.76. The van der Waals surface area contributed by atoms with Crippen LogP contribution < -0.4 is 18.9 Å².